The number of hydrogen-bond acceptors (Lipinski definition) is 4. The van der Waals surface area contributed by atoms with Gasteiger partial charge in [-0.05, 0) is 31.4 Å². The number of rotatable bonds is 5. The van der Waals surface area contributed by atoms with Crippen molar-refractivity contribution >= 4 is 17.7 Å². The van der Waals surface area contributed by atoms with Crippen molar-refractivity contribution in [1.82, 2.24) is 9.88 Å². The average Bonchev–Trinajstić information content (AvgIpc) is 3.20. The van der Waals surface area contributed by atoms with E-state index in [1.807, 2.05) is 11.5 Å². The number of amides is 1. The number of carbonyl (C=O) groups is 3. The van der Waals surface area contributed by atoms with Crippen molar-refractivity contribution in [2.24, 2.45) is 0 Å². The highest BCUT2D eigenvalue weighted by molar-refractivity contribution is 6.01. The Labute approximate surface area is 168 Å². The number of hydrogen-bond donors (Lipinski definition) is 1. The second kappa shape index (κ2) is 7.81. The predicted octanol–water partition coefficient (Wildman–Crippen LogP) is 2.48. The lowest BCUT2D eigenvalue weighted by Gasteiger charge is -2.16. The third kappa shape index (κ3) is 3.69. The molecule has 0 saturated carbocycles. The number of ether oxygens (including phenoxy) is 1. The predicted molar refractivity (Wildman–Crippen MR) is 103 cm³/mol. The van der Waals surface area contributed by atoms with E-state index in [1.165, 1.54) is 6.07 Å². The lowest BCUT2D eigenvalue weighted by molar-refractivity contribution is -0.141. The van der Waals surface area contributed by atoms with Crippen LogP contribution in [-0.4, -0.2) is 34.9 Å². The molecular weight excluding hydrogens is 375 g/mol. The Morgan fingerprint density at radius 1 is 1.28 bits per heavy atom. The fourth-order valence-electron chi connectivity index (χ4n) is 4.25. The topological polar surface area (TPSA) is 77.4 Å². The zero-order valence-electron chi connectivity index (χ0n) is 16.3. The second-order valence-electron chi connectivity index (χ2n) is 7.59. The van der Waals surface area contributed by atoms with Crippen LogP contribution in [0.25, 0.3) is 0 Å². The Balaban J connectivity index is 1.65. The van der Waals surface area contributed by atoms with Crippen LogP contribution in [-0.2, 0) is 33.7 Å². The summed E-state index contributed by atoms with van der Waals surface area (Å²) < 4.78 is 21.0. The number of carbonyl (C=O) groups excluding carboxylic acids is 3. The third-order valence-corrected chi connectivity index (χ3v) is 5.75. The van der Waals surface area contributed by atoms with Gasteiger partial charge in [-0.3, -0.25) is 9.59 Å². The van der Waals surface area contributed by atoms with Gasteiger partial charge in [0.25, 0.3) is 0 Å². The van der Waals surface area contributed by atoms with Crippen LogP contribution in [0.5, 0.6) is 0 Å². The van der Waals surface area contributed by atoms with Crippen molar-refractivity contribution < 1.29 is 23.5 Å². The van der Waals surface area contributed by atoms with E-state index >= 15 is 0 Å². The van der Waals surface area contributed by atoms with Crippen LogP contribution in [0.3, 0.4) is 0 Å². The van der Waals surface area contributed by atoms with E-state index in [1.54, 1.807) is 18.2 Å². The normalized spacial score (nSPS) is 18.5. The van der Waals surface area contributed by atoms with Crippen LogP contribution in [0.1, 0.15) is 52.1 Å². The quantitative estimate of drug-likeness (QED) is 0.785. The van der Waals surface area contributed by atoms with Gasteiger partial charge in [0.15, 0.2) is 5.78 Å². The van der Waals surface area contributed by atoms with Gasteiger partial charge in [0.05, 0.1) is 19.6 Å². The fraction of sp³-hybridized carbons (Fsp3) is 0.409. The highest BCUT2D eigenvalue weighted by atomic mass is 19.1. The van der Waals surface area contributed by atoms with Gasteiger partial charge in [-0.25, -0.2) is 9.18 Å². The summed E-state index contributed by atoms with van der Waals surface area (Å²) in [6.45, 7) is 2.47. The van der Waals surface area contributed by atoms with Gasteiger partial charge in [-0.2, -0.15) is 0 Å². The molecule has 1 fully saturated rings. The number of cyclic esters (lactones) is 1. The standard InChI is InChI=1S/C22H23FN2O4/c1-13-15(11-20(27)24-17-9-10-29-22(17)28)21-18(7-4-8-19(21)26)25(13)12-14-5-2-3-6-16(14)23/h2-3,5-6,17H,4,7-12H2,1H3,(H,24,27)/t17-/m1/s1. The summed E-state index contributed by atoms with van der Waals surface area (Å²) >= 11 is 0. The van der Waals surface area contributed by atoms with E-state index < -0.39 is 12.0 Å². The summed E-state index contributed by atoms with van der Waals surface area (Å²) in [5, 5.41) is 2.70. The average molecular weight is 398 g/mol. The first-order valence-corrected chi connectivity index (χ1v) is 9.89. The molecule has 0 spiro atoms. The van der Waals surface area contributed by atoms with Crippen LogP contribution in [0.2, 0.25) is 0 Å². The minimum atomic E-state index is -0.630. The number of fused-ring (bicyclic) bond motifs is 1. The molecule has 2 heterocycles. The number of halogens is 1. The first-order valence-electron chi connectivity index (χ1n) is 9.89. The molecule has 4 rings (SSSR count). The molecule has 0 unspecified atom stereocenters. The van der Waals surface area contributed by atoms with Gasteiger partial charge in [-0.15, -0.1) is 0 Å². The van der Waals surface area contributed by atoms with Gasteiger partial charge < -0.3 is 14.6 Å². The number of nitrogens with zero attached hydrogens (tertiary/aromatic N) is 1. The number of ketones is 1. The molecule has 1 amide bonds. The minimum Gasteiger partial charge on any atom is -0.464 e. The zero-order chi connectivity index (χ0) is 20.5. The molecule has 6 nitrogen and oxygen atoms in total. The van der Waals surface area contributed by atoms with Gasteiger partial charge in [0.2, 0.25) is 5.91 Å². The summed E-state index contributed by atoms with van der Waals surface area (Å²) in [7, 11) is 0. The lowest BCUT2D eigenvalue weighted by atomic mass is 9.92. The van der Waals surface area contributed by atoms with Gasteiger partial charge >= 0.3 is 5.97 Å². The Morgan fingerprint density at radius 3 is 2.79 bits per heavy atom. The SMILES string of the molecule is Cc1c(CC(=O)N[C@@H]2CCOC2=O)c2c(n1Cc1ccccc1F)CCCC2=O. The number of esters is 1. The fourth-order valence-corrected chi connectivity index (χ4v) is 4.25. The number of benzene rings is 1. The van der Waals surface area contributed by atoms with Crippen molar-refractivity contribution in [3.8, 4) is 0 Å². The molecule has 2 aromatic rings. The monoisotopic (exact) mass is 398 g/mol. The molecule has 152 valence electrons. The van der Waals surface area contributed by atoms with Gasteiger partial charge in [0.1, 0.15) is 11.9 Å². The first kappa shape index (κ1) is 19.4. The van der Waals surface area contributed by atoms with E-state index in [0.717, 1.165) is 17.8 Å². The number of nitrogens with one attached hydrogen (secondary N) is 1. The molecule has 1 N–H and O–H groups in total. The van der Waals surface area contributed by atoms with Gasteiger partial charge in [-0.1, -0.05) is 18.2 Å². The van der Waals surface area contributed by atoms with Crippen molar-refractivity contribution in [3.05, 3.63) is 58.2 Å². The summed E-state index contributed by atoms with van der Waals surface area (Å²) in [6.07, 6.45) is 2.36. The summed E-state index contributed by atoms with van der Waals surface area (Å²) in [4.78, 5) is 36.9. The number of Topliss-reactive ketones (excluding diaryl/α,β-unsaturated/α-hetero) is 1. The zero-order valence-corrected chi connectivity index (χ0v) is 16.3. The van der Waals surface area contributed by atoms with Crippen LogP contribution in [0, 0.1) is 12.7 Å². The molecular formula is C22H23FN2O4. The molecule has 1 aromatic heterocycles. The summed E-state index contributed by atoms with van der Waals surface area (Å²) in [5.41, 5.74) is 3.46. The molecule has 0 bridgehead atoms. The van der Waals surface area contributed by atoms with E-state index in [-0.39, 0.29) is 23.9 Å². The molecule has 1 saturated heterocycles. The maximum Gasteiger partial charge on any atom is 0.328 e. The molecule has 1 aliphatic carbocycles. The number of aromatic nitrogens is 1. The lowest BCUT2D eigenvalue weighted by Crippen LogP contribution is -2.39. The van der Waals surface area contributed by atoms with Crippen molar-refractivity contribution in [3.63, 3.8) is 0 Å². The smallest absolute Gasteiger partial charge is 0.328 e. The molecule has 1 atom stereocenters. The van der Waals surface area contributed by atoms with E-state index in [0.29, 0.717) is 49.1 Å². The van der Waals surface area contributed by atoms with Gasteiger partial charge in [0, 0.05) is 35.4 Å². The summed E-state index contributed by atoms with van der Waals surface area (Å²) in [6, 6.07) is 5.94. The van der Waals surface area contributed by atoms with Crippen LogP contribution in [0.15, 0.2) is 24.3 Å². The second-order valence-corrected chi connectivity index (χ2v) is 7.59. The van der Waals surface area contributed by atoms with Crippen molar-refractivity contribution in [2.75, 3.05) is 6.61 Å². The van der Waals surface area contributed by atoms with E-state index in [9.17, 15) is 18.8 Å². The minimum absolute atomic E-state index is 0.00790. The Morgan fingerprint density at radius 2 is 2.07 bits per heavy atom. The largest absolute Gasteiger partial charge is 0.464 e. The maximum absolute atomic E-state index is 14.2. The van der Waals surface area contributed by atoms with Crippen molar-refractivity contribution in [2.45, 2.75) is 51.6 Å². The van der Waals surface area contributed by atoms with Crippen LogP contribution >= 0.6 is 0 Å². The van der Waals surface area contributed by atoms with E-state index in [2.05, 4.69) is 5.32 Å². The Kier molecular flexibility index (Phi) is 5.22. The Hall–Kier alpha value is -2.96. The highest BCUT2D eigenvalue weighted by Gasteiger charge is 2.31. The summed E-state index contributed by atoms with van der Waals surface area (Å²) in [5.74, 6) is -1.02. The third-order valence-electron chi connectivity index (χ3n) is 5.75. The molecule has 1 aliphatic heterocycles. The Bertz CT molecular complexity index is 995. The highest BCUT2D eigenvalue weighted by Crippen LogP contribution is 2.31. The van der Waals surface area contributed by atoms with E-state index in [4.69, 9.17) is 4.74 Å². The van der Waals surface area contributed by atoms with Crippen molar-refractivity contribution in [1.29, 1.82) is 0 Å². The first-order chi connectivity index (χ1) is 14.0. The molecule has 29 heavy (non-hydrogen) atoms. The molecule has 7 heteroatoms. The molecule has 1 aromatic carbocycles. The molecule has 2 aliphatic rings. The van der Waals surface area contributed by atoms with Crippen LogP contribution < -0.4 is 5.32 Å². The maximum atomic E-state index is 14.2. The van der Waals surface area contributed by atoms with Crippen LogP contribution in [0.4, 0.5) is 4.39 Å². The molecule has 0 radical (unpaired) electrons.